The fourth-order valence-electron chi connectivity index (χ4n) is 2.40. The van der Waals surface area contributed by atoms with Crippen molar-refractivity contribution in [1.29, 1.82) is 0 Å². The van der Waals surface area contributed by atoms with E-state index in [1.54, 1.807) is 7.11 Å². The number of benzene rings is 2. The lowest BCUT2D eigenvalue weighted by Crippen LogP contribution is -2.23. The molecule has 0 saturated carbocycles. The molecule has 5 nitrogen and oxygen atoms in total. The van der Waals surface area contributed by atoms with Crippen LogP contribution in [0.15, 0.2) is 42.5 Å². The fourth-order valence-corrected chi connectivity index (χ4v) is 2.40. The van der Waals surface area contributed by atoms with Crippen LogP contribution in [0, 0.1) is 0 Å². The summed E-state index contributed by atoms with van der Waals surface area (Å²) in [7, 11) is 1.61. The van der Waals surface area contributed by atoms with Crippen LogP contribution in [-0.4, -0.2) is 19.6 Å². The normalized spacial score (nSPS) is 9.84. The molecule has 0 atom stereocenters. The van der Waals surface area contributed by atoms with Gasteiger partial charge in [-0.2, -0.15) is 0 Å². The van der Waals surface area contributed by atoms with Gasteiger partial charge in [-0.05, 0) is 42.7 Å². The smallest absolute Gasteiger partial charge is 0.220 e. The SMILES string of the molecule is CCOc1cc(CNC(=O)CCc2ccccc2N)ccc1OC.Cl. The van der Waals surface area contributed by atoms with Crippen LogP contribution in [0.1, 0.15) is 24.5 Å². The van der Waals surface area contributed by atoms with E-state index in [4.69, 9.17) is 15.2 Å². The summed E-state index contributed by atoms with van der Waals surface area (Å²) in [6.07, 6.45) is 1.04. The minimum absolute atomic E-state index is 0. The zero-order chi connectivity index (χ0) is 17.4. The Bertz CT molecular complexity index is 692. The number of aryl methyl sites for hydroxylation is 1. The molecule has 0 aromatic heterocycles. The Balaban J connectivity index is 0.00000312. The number of halogens is 1. The molecule has 0 unspecified atom stereocenters. The minimum Gasteiger partial charge on any atom is -0.493 e. The molecule has 0 aliphatic carbocycles. The van der Waals surface area contributed by atoms with Crippen LogP contribution in [-0.2, 0) is 17.8 Å². The van der Waals surface area contributed by atoms with Gasteiger partial charge in [0.2, 0.25) is 5.91 Å². The Labute approximate surface area is 154 Å². The monoisotopic (exact) mass is 364 g/mol. The number of ether oxygens (including phenoxy) is 2. The first-order valence-corrected chi connectivity index (χ1v) is 8.03. The van der Waals surface area contributed by atoms with E-state index >= 15 is 0 Å². The van der Waals surface area contributed by atoms with Crippen LogP contribution in [0.25, 0.3) is 0 Å². The summed E-state index contributed by atoms with van der Waals surface area (Å²) in [4.78, 5) is 12.0. The molecule has 1 amide bonds. The molecule has 0 fully saturated rings. The predicted octanol–water partition coefficient (Wildman–Crippen LogP) is 3.35. The van der Waals surface area contributed by atoms with Crippen molar-refractivity contribution in [1.82, 2.24) is 5.32 Å². The number of rotatable bonds is 8. The molecule has 0 radical (unpaired) electrons. The van der Waals surface area contributed by atoms with Crippen LogP contribution in [0.4, 0.5) is 5.69 Å². The highest BCUT2D eigenvalue weighted by molar-refractivity contribution is 5.85. The van der Waals surface area contributed by atoms with Crippen molar-refractivity contribution in [3.05, 3.63) is 53.6 Å². The molecular weight excluding hydrogens is 340 g/mol. The summed E-state index contributed by atoms with van der Waals surface area (Å²) in [5.41, 5.74) is 8.57. The summed E-state index contributed by atoms with van der Waals surface area (Å²) >= 11 is 0. The molecule has 0 saturated heterocycles. The zero-order valence-corrected chi connectivity index (χ0v) is 15.4. The van der Waals surface area contributed by atoms with E-state index in [0.717, 1.165) is 16.8 Å². The molecule has 6 heteroatoms. The molecule has 0 aliphatic heterocycles. The molecule has 0 heterocycles. The minimum atomic E-state index is -0.00738. The maximum atomic E-state index is 12.0. The summed E-state index contributed by atoms with van der Waals surface area (Å²) < 4.78 is 10.8. The number of methoxy groups -OCH3 is 1. The van der Waals surface area contributed by atoms with Gasteiger partial charge < -0.3 is 20.5 Å². The van der Waals surface area contributed by atoms with Gasteiger partial charge in [0.05, 0.1) is 13.7 Å². The zero-order valence-electron chi connectivity index (χ0n) is 14.6. The molecule has 2 rings (SSSR count). The third-order valence-electron chi connectivity index (χ3n) is 3.69. The number of hydrogen-bond acceptors (Lipinski definition) is 4. The lowest BCUT2D eigenvalue weighted by Gasteiger charge is -2.12. The lowest BCUT2D eigenvalue weighted by atomic mass is 10.1. The highest BCUT2D eigenvalue weighted by atomic mass is 35.5. The molecule has 3 N–H and O–H groups in total. The summed E-state index contributed by atoms with van der Waals surface area (Å²) in [5, 5.41) is 2.92. The van der Waals surface area contributed by atoms with Crippen molar-refractivity contribution in [3.8, 4) is 11.5 Å². The average Bonchev–Trinajstić information content (AvgIpc) is 2.60. The highest BCUT2D eigenvalue weighted by Crippen LogP contribution is 2.28. The first-order chi connectivity index (χ1) is 11.6. The van der Waals surface area contributed by atoms with Crippen LogP contribution in [0.2, 0.25) is 0 Å². The molecule has 136 valence electrons. The quantitative estimate of drug-likeness (QED) is 0.704. The number of amides is 1. The lowest BCUT2D eigenvalue weighted by molar-refractivity contribution is -0.121. The Hall–Kier alpha value is -2.40. The van der Waals surface area contributed by atoms with Crippen molar-refractivity contribution >= 4 is 24.0 Å². The number of nitrogens with two attached hydrogens (primary N) is 1. The Kier molecular flexibility index (Phi) is 8.64. The van der Waals surface area contributed by atoms with E-state index < -0.39 is 0 Å². The van der Waals surface area contributed by atoms with Crippen LogP contribution < -0.4 is 20.5 Å². The second-order valence-corrected chi connectivity index (χ2v) is 5.39. The third kappa shape index (κ3) is 6.19. The number of hydrogen-bond donors (Lipinski definition) is 2. The van der Waals surface area contributed by atoms with Crippen molar-refractivity contribution in [3.63, 3.8) is 0 Å². The number of para-hydroxylation sites is 1. The van der Waals surface area contributed by atoms with E-state index in [1.165, 1.54) is 0 Å². The first kappa shape index (κ1) is 20.6. The third-order valence-corrected chi connectivity index (χ3v) is 3.69. The van der Waals surface area contributed by atoms with Gasteiger partial charge in [0.25, 0.3) is 0 Å². The molecule has 25 heavy (non-hydrogen) atoms. The summed E-state index contributed by atoms with van der Waals surface area (Å²) in [5.74, 6) is 1.36. The van der Waals surface area contributed by atoms with Crippen molar-refractivity contribution in [2.75, 3.05) is 19.5 Å². The van der Waals surface area contributed by atoms with Gasteiger partial charge in [0, 0.05) is 18.7 Å². The fraction of sp³-hybridized carbons (Fsp3) is 0.316. The number of carbonyl (C=O) groups is 1. The van der Waals surface area contributed by atoms with Crippen LogP contribution in [0.3, 0.4) is 0 Å². The van der Waals surface area contributed by atoms with Gasteiger partial charge >= 0.3 is 0 Å². The van der Waals surface area contributed by atoms with Gasteiger partial charge in [0.15, 0.2) is 11.5 Å². The summed E-state index contributed by atoms with van der Waals surface area (Å²) in [6, 6.07) is 13.3. The predicted molar refractivity (Wildman–Crippen MR) is 102 cm³/mol. The molecule has 0 bridgehead atoms. The van der Waals surface area contributed by atoms with E-state index in [1.807, 2.05) is 49.4 Å². The van der Waals surface area contributed by atoms with Gasteiger partial charge in [0.1, 0.15) is 0 Å². The molecule has 0 aliphatic rings. The summed E-state index contributed by atoms with van der Waals surface area (Å²) in [6.45, 7) is 2.93. The standard InChI is InChI=1S/C19H24N2O3.ClH/c1-3-24-18-12-14(8-10-17(18)23-2)13-21-19(22)11-9-15-6-4-5-7-16(15)20;/h4-8,10,12H,3,9,11,13,20H2,1-2H3,(H,21,22);1H. The van der Waals surface area contributed by atoms with Crippen LogP contribution in [0.5, 0.6) is 11.5 Å². The average molecular weight is 365 g/mol. The van der Waals surface area contributed by atoms with E-state index in [-0.39, 0.29) is 18.3 Å². The molecule has 2 aromatic rings. The topological polar surface area (TPSA) is 73.6 Å². The number of carbonyl (C=O) groups excluding carboxylic acids is 1. The van der Waals surface area contributed by atoms with Crippen molar-refractivity contribution in [2.24, 2.45) is 0 Å². The largest absolute Gasteiger partial charge is 0.493 e. The Morgan fingerprint density at radius 1 is 1.16 bits per heavy atom. The van der Waals surface area contributed by atoms with Gasteiger partial charge in [-0.3, -0.25) is 4.79 Å². The first-order valence-electron chi connectivity index (χ1n) is 8.03. The second-order valence-electron chi connectivity index (χ2n) is 5.39. The molecule has 0 spiro atoms. The number of nitrogens with one attached hydrogen (secondary N) is 1. The van der Waals surface area contributed by atoms with E-state index in [2.05, 4.69) is 5.32 Å². The van der Waals surface area contributed by atoms with Crippen molar-refractivity contribution in [2.45, 2.75) is 26.3 Å². The molecular formula is C19H25ClN2O3. The van der Waals surface area contributed by atoms with Gasteiger partial charge in [-0.25, -0.2) is 0 Å². The van der Waals surface area contributed by atoms with E-state index in [0.29, 0.717) is 37.5 Å². The maximum Gasteiger partial charge on any atom is 0.220 e. The van der Waals surface area contributed by atoms with Crippen LogP contribution >= 0.6 is 12.4 Å². The number of anilines is 1. The second kappa shape index (κ2) is 10.5. The van der Waals surface area contributed by atoms with Gasteiger partial charge in [-0.1, -0.05) is 24.3 Å². The van der Waals surface area contributed by atoms with Gasteiger partial charge in [-0.15, -0.1) is 12.4 Å². The van der Waals surface area contributed by atoms with E-state index in [9.17, 15) is 4.79 Å². The van der Waals surface area contributed by atoms with Crippen molar-refractivity contribution < 1.29 is 14.3 Å². The Morgan fingerprint density at radius 3 is 2.60 bits per heavy atom. The molecule has 2 aromatic carbocycles. The highest BCUT2D eigenvalue weighted by Gasteiger charge is 2.07. The maximum absolute atomic E-state index is 12.0. The number of nitrogen functional groups attached to an aromatic ring is 1. The Morgan fingerprint density at radius 2 is 1.92 bits per heavy atom.